The smallest absolute Gasteiger partial charge is 0.223 e. The zero-order chi connectivity index (χ0) is 15.8. The van der Waals surface area contributed by atoms with Gasteiger partial charge in [0.15, 0.2) is 0 Å². The van der Waals surface area contributed by atoms with Gasteiger partial charge in [0.2, 0.25) is 5.91 Å². The van der Waals surface area contributed by atoms with Crippen molar-refractivity contribution in [1.82, 2.24) is 19.9 Å². The molecule has 1 N–H and O–H groups in total. The molecular formula is C18H18N4O. The first-order valence-electron chi connectivity index (χ1n) is 7.87. The Morgan fingerprint density at radius 3 is 2.83 bits per heavy atom. The average molecular weight is 306 g/mol. The second-order valence-corrected chi connectivity index (χ2v) is 6.17. The van der Waals surface area contributed by atoms with E-state index in [9.17, 15) is 4.79 Å². The topological polar surface area (TPSA) is 59.8 Å². The summed E-state index contributed by atoms with van der Waals surface area (Å²) < 4.78 is 1.96. The quantitative estimate of drug-likeness (QED) is 0.806. The minimum atomic E-state index is 0.155. The van der Waals surface area contributed by atoms with E-state index in [4.69, 9.17) is 0 Å². The highest BCUT2D eigenvalue weighted by Gasteiger charge is 2.38. The van der Waals surface area contributed by atoms with Crippen LogP contribution in [0.1, 0.15) is 18.9 Å². The van der Waals surface area contributed by atoms with Crippen LogP contribution in [0.4, 0.5) is 0 Å². The third-order valence-electron chi connectivity index (χ3n) is 4.42. The predicted molar refractivity (Wildman–Crippen MR) is 88.0 cm³/mol. The van der Waals surface area contributed by atoms with E-state index < -0.39 is 0 Å². The molecular weight excluding hydrogens is 288 g/mol. The second kappa shape index (κ2) is 5.50. The molecule has 1 fully saturated rings. The van der Waals surface area contributed by atoms with Gasteiger partial charge in [-0.25, -0.2) is 9.97 Å². The standard InChI is InChI=1S/C18H18N4O/c1-12-8-14(12)18(23)20-10-13-6-7-17(19-9-13)22-11-21-15-4-2-3-5-16(15)22/h2-7,9,11-12,14H,8,10H2,1H3,(H,20,23)/t12-,14-/m1/s1. The fourth-order valence-corrected chi connectivity index (χ4v) is 2.81. The minimum absolute atomic E-state index is 0.155. The summed E-state index contributed by atoms with van der Waals surface area (Å²) in [7, 11) is 0. The third-order valence-corrected chi connectivity index (χ3v) is 4.42. The van der Waals surface area contributed by atoms with Crippen molar-refractivity contribution in [3.8, 4) is 5.82 Å². The van der Waals surface area contributed by atoms with Gasteiger partial charge in [-0.15, -0.1) is 0 Å². The van der Waals surface area contributed by atoms with Crippen LogP contribution in [0.5, 0.6) is 0 Å². The number of fused-ring (bicyclic) bond motifs is 1. The maximum atomic E-state index is 11.8. The lowest BCUT2D eigenvalue weighted by molar-refractivity contribution is -0.122. The third kappa shape index (κ3) is 2.70. The van der Waals surface area contributed by atoms with Crippen molar-refractivity contribution in [2.45, 2.75) is 19.9 Å². The summed E-state index contributed by atoms with van der Waals surface area (Å²) in [5.74, 6) is 1.72. The molecule has 23 heavy (non-hydrogen) atoms. The van der Waals surface area contributed by atoms with E-state index in [0.717, 1.165) is 28.8 Å². The largest absolute Gasteiger partial charge is 0.352 e. The Morgan fingerprint density at radius 2 is 2.09 bits per heavy atom. The summed E-state index contributed by atoms with van der Waals surface area (Å²) in [4.78, 5) is 20.7. The van der Waals surface area contributed by atoms with E-state index in [1.165, 1.54) is 0 Å². The molecule has 4 rings (SSSR count). The number of amides is 1. The predicted octanol–water partition coefficient (Wildman–Crippen LogP) is 2.69. The molecule has 5 nitrogen and oxygen atoms in total. The van der Waals surface area contributed by atoms with E-state index >= 15 is 0 Å². The summed E-state index contributed by atoms with van der Waals surface area (Å²) >= 11 is 0. The Kier molecular flexibility index (Phi) is 3.33. The molecule has 2 atom stereocenters. The van der Waals surface area contributed by atoms with Gasteiger partial charge in [-0.1, -0.05) is 25.1 Å². The van der Waals surface area contributed by atoms with E-state index in [0.29, 0.717) is 12.5 Å². The summed E-state index contributed by atoms with van der Waals surface area (Å²) in [5.41, 5.74) is 2.98. The summed E-state index contributed by atoms with van der Waals surface area (Å²) in [6.45, 7) is 2.63. The van der Waals surface area contributed by atoms with Gasteiger partial charge in [0.25, 0.3) is 0 Å². The van der Waals surface area contributed by atoms with Crippen LogP contribution in [-0.2, 0) is 11.3 Å². The molecule has 2 heterocycles. The number of rotatable bonds is 4. The number of carbonyl (C=O) groups excluding carboxylic acids is 1. The van der Waals surface area contributed by atoms with Gasteiger partial charge in [0, 0.05) is 18.7 Å². The van der Waals surface area contributed by atoms with Crippen molar-refractivity contribution in [2.24, 2.45) is 11.8 Å². The Labute approximate surface area is 134 Å². The number of hydrogen-bond donors (Lipinski definition) is 1. The normalized spacial score (nSPS) is 19.7. The van der Waals surface area contributed by atoms with Crippen molar-refractivity contribution in [1.29, 1.82) is 0 Å². The van der Waals surface area contributed by atoms with Crippen LogP contribution in [0, 0.1) is 11.8 Å². The summed E-state index contributed by atoms with van der Waals surface area (Å²) in [5, 5.41) is 2.98. The van der Waals surface area contributed by atoms with E-state index in [-0.39, 0.29) is 11.8 Å². The molecule has 0 bridgehead atoms. The highest BCUT2D eigenvalue weighted by atomic mass is 16.2. The number of aromatic nitrogens is 3. The molecule has 1 amide bonds. The molecule has 5 heteroatoms. The van der Waals surface area contributed by atoms with E-state index in [1.54, 1.807) is 12.5 Å². The molecule has 3 aromatic rings. The monoisotopic (exact) mass is 306 g/mol. The maximum Gasteiger partial charge on any atom is 0.223 e. The lowest BCUT2D eigenvalue weighted by Crippen LogP contribution is -2.24. The van der Waals surface area contributed by atoms with Crippen LogP contribution in [0.25, 0.3) is 16.9 Å². The van der Waals surface area contributed by atoms with Gasteiger partial charge < -0.3 is 5.32 Å². The molecule has 0 spiro atoms. The molecule has 1 saturated carbocycles. The van der Waals surface area contributed by atoms with E-state index in [2.05, 4.69) is 22.2 Å². The zero-order valence-electron chi connectivity index (χ0n) is 12.9. The Morgan fingerprint density at radius 1 is 1.26 bits per heavy atom. The fourth-order valence-electron chi connectivity index (χ4n) is 2.81. The Bertz CT molecular complexity index is 853. The number of benzene rings is 1. The van der Waals surface area contributed by atoms with Crippen LogP contribution < -0.4 is 5.32 Å². The SMILES string of the molecule is C[C@@H]1C[C@H]1C(=O)NCc1ccc(-n2cnc3ccccc32)nc1. The number of nitrogens with zero attached hydrogens (tertiary/aromatic N) is 3. The van der Waals surface area contributed by atoms with Gasteiger partial charge in [-0.05, 0) is 36.1 Å². The fraction of sp³-hybridized carbons (Fsp3) is 0.278. The minimum Gasteiger partial charge on any atom is -0.352 e. The second-order valence-electron chi connectivity index (χ2n) is 6.17. The van der Waals surface area contributed by atoms with Crippen LogP contribution >= 0.6 is 0 Å². The average Bonchev–Trinajstić information content (AvgIpc) is 3.17. The first kappa shape index (κ1) is 13.9. The highest BCUT2D eigenvalue weighted by Crippen LogP contribution is 2.37. The highest BCUT2D eigenvalue weighted by molar-refractivity contribution is 5.81. The van der Waals surface area contributed by atoms with Crippen LogP contribution in [-0.4, -0.2) is 20.4 Å². The van der Waals surface area contributed by atoms with Gasteiger partial charge in [0.1, 0.15) is 12.1 Å². The Hall–Kier alpha value is -2.69. The number of para-hydroxylation sites is 2. The van der Waals surface area contributed by atoms with Crippen molar-refractivity contribution in [3.05, 3.63) is 54.5 Å². The van der Waals surface area contributed by atoms with Gasteiger partial charge in [0.05, 0.1) is 11.0 Å². The van der Waals surface area contributed by atoms with Gasteiger partial charge in [-0.3, -0.25) is 9.36 Å². The zero-order valence-corrected chi connectivity index (χ0v) is 12.9. The molecule has 1 aliphatic rings. The molecule has 2 aromatic heterocycles. The number of pyridine rings is 1. The molecule has 0 aliphatic heterocycles. The van der Waals surface area contributed by atoms with Crippen molar-refractivity contribution in [2.75, 3.05) is 0 Å². The number of carbonyl (C=O) groups is 1. The first-order chi connectivity index (χ1) is 11.2. The van der Waals surface area contributed by atoms with Gasteiger partial charge in [-0.2, -0.15) is 0 Å². The number of imidazole rings is 1. The Balaban J connectivity index is 1.48. The van der Waals surface area contributed by atoms with Crippen molar-refractivity contribution >= 4 is 16.9 Å². The number of nitrogens with one attached hydrogen (secondary N) is 1. The summed E-state index contributed by atoms with van der Waals surface area (Å²) in [6.07, 6.45) is 4.60. The molecule has 116 valence electrons. The molecule has 0 unspecified atom stereocenters. The number of hydrogen-bond acceptors (Lipinski definition) is 3. The first-order valence-corrected chi connectivity index (χ1v) is 7.87. The van der Waals surface area contributed by atoms with Crippen molar-refractivity contribution < 1.29 is 4.79 Å². The van der Waals surface area contributed by atoms with Crippen LogP contribution in [0.3, 0.4) is 0 Å². The van der Waals surface area contributed by atoms with Crippen LogP contribution in [0.15, 0.2) is 48.9 Å². The van der Waals surface area contributed by atoms with E-state index in [1.807, 2.05) is 41.0 Å². The lowest BCUT2D eigenvalue weighted by atomic mass is 10.2. The molecule has 1 aromatic carbocycles. The lowest BCUT2D eigenvalue weighted by Gasteiger charge is -2.07. The molecule has 1 aliphatic carbocycles. The van der Waals surface area contributed by atoms with Crippen molar-refractivity contribution in [3.63, 3.8) is 0 Å². The molecule has 0 saturated heterocycles. The van der Waals surface area contributed by atoms with Gasteiger partial charge >= 0.3 is 0 Å². The molecule has 0 radical (unpaired) electrons. The summed E-state index contributed by atoms with van der Waals surface area (Å²) in [6, 6.07) is 11.9. The van der Waals surface area contributed by atoms with Crippen LogP contribution in [0.2, 0.25) is 0 Å². The maximum absolute atomic E-state index is 11.8.